The van der Waals surface area contributed by atoms with Gasteiger partial charge in [0.05, 0.1) is 6.61 Å². The smallest absolute Gasteiger partial charge is 0.414 e. The van der Waals surface area contributed by atoms with Crippen LogP contribution in [-0.4, -0.2) is 53.3 Å². The summed E-state index contributed by atoms with van der Waals surface area (Å²) >= 11 is 0. The van der Waals surface area contributed by atoms with Crippen LogP contribution in [-0.2, 0) is 16.0 Å². The molecule has 0 saturated carbocycles. The second-order valence-corrected chi connectivity index (χ2v) is 6.03. The summed E-state index contributed by atoms with van der Waals surface area (Å²) in [6, 6.07) is 8.39. The Hall–Kier alpha value is -2.08. The van der Waals surface area contributed by atoms with Crippen molar-refractivity contribution in [1.29, 1.82) is 0 Å². The lowest BCUT2D eigenvalue weighted by molar-refractivity contribution is -0.159. The van der Waals surface area contributed by atoms with Crippen molar-refractivity contribution >= 4 is 11.9 Å². The van der Waals surface area contributed by atoms with Crippen molar-refractivity contribution in [1.82, 2.24) is 4.90 Å². The molecule has 0 aromatic heterocycles. The van der Waals surface area contributed by atoms with Crippen LogP contribution in [0.4, 0.5) is 0 Å². The number of aryl methyl sites for hydroxylation is 1. The number of rotatable bonds is 7. The quantitative estimate of drug-likeness (QED) is 0.580. The third kappa shape index (κ3) is 9.10. The fourth-order valence-electron chi connectivity index (χ4n) is 2.74. The van der Waals surface area contributed by atoms with Crippen molar-refractivity contribution in [3.63, 3.8) is 0 Å². The predicted octanol–water partition coefficient (Wildman–Crippen LogP) is 3.05. The van der Waals surface area contributed by atoms with Crippen LogP contribution >= 0.6 is 0 Å². The van der Waals surface area contributed by atoms with E-state index in [2.05, 4.69) is 36.1 Å². The van der Waals surface area contributed by atoms with Gasteiger partial charge in [0.2, 0.25) is 0 Å². The number of carboxylic acids is 2. The molecule has 1 saturated heterocycles. The molecule has 140 valence electrons. The first-order valence-electron chi connectivity index (χ1n) is 8.93. The third-order valence-corrected chi connectivity index (χ3v) is 4.11. The molecule has 1 aliphatic heterocycles. The molecule has 0 spiro atoms. The highest BCUT2D eigenvalue weighted by atomic mass is 16.5. The zero-order chi connectivity index (χ0) is 18.5. The Morgan fingerprint density at radius 1 is 1.04 bits per heavy atom. The number of piperidine rings is 1. The number of nitrogens with zero attached hydrogens (tertiary/aromatic N) is 1. The molecule has 2 N–H and O–H groups in total. The number of unbranched alkanes of at least 4 members (excludes halogenated alkanes) is 1. The van der Waals surface area contributed by atoms with Crippen LogP contribution in [0.5, 0.6) is 5.75 Å². The second kappa shape index (κ2) is 12.3. The molecule has 1 aromatic rings. The Balaban J connectivity index is 0.000000450. The number of ether oxygens (including phenoxy) is 1. The van der Waals surface area contributed by atoms with Crippen LogP contribution in [0, 0.1) is 0 Å². The first-order valence-corrected chi connectivity index (χ1v) is 8.93. The molecule has 0 bridgehead atoms. The predicted molar refractivity (Wildman–Crippen MR) is 96.1 cm³/mol. The van der Waals surface area contributed by atoms with Gasteiger partial charge in [0, 0.05) is 0 Å². The summed E-state index contributed by atoms with van der Waals surface area (Å²) in [4.78, 5) is 20.8. The van der Waals surface area contributed by atoms with Crippen molar-refractivity contribution in [3.8, 4) is 5.75 Å². The van der Waals surface area contributed by atoms with Gasteiger partial charge in [0.15, 0.2) is 0 Å². The van der Waals surface area contributed by atoms with Gasteiger partial charge in [0.1, 0.15) is 5.75 Å². The zero-order valence-electron chi connectivity index (χ0n) is 14.9. The minimum atomic E-state index is -1.82. The molecule has 1 fully saturated rings. The summed E-state index contributed by atoms with van der Waals surface area (Å²) in [6.45, 7) is 6.89. The van der Waals surface area contributed by atoms with Gasteiger partial charge < -0.3 is 19.8 Å². The summed E-state index contributed by atoms with van der Waals surface area (Å²) in [5, 5.41) is 14.8. The normalized spacial score (nSPS) is 14.3. The lowest BCUT2D eigenvalue weighted by Gasteiger charge is -2.26. The fraction of sp³-hybridized carbons (Fsp3) is 0.579. The van der Waals surface area contributed by atoms with Gasteiger partial charge in [0.25, 0.3) is 0 Å². The van der Waals surface area contributed by atoms with E-state index in [-0.39, 0.29) is 0 Å². The summed E-state index contributed by atoms with van der Waals surface area (Å²) in [7, 11) is 0. The van der Waals surface area contributed by atoms with Crippen LogP contribution in [0.25, 0.3) is 0 Å². The highest BCUT2D eigenvalue weighted by Crippen LogP contribution is 2.18. The second-order valence-electron chi connectivity index (χ2n) is 6.03. The maximum Gasteiger partial charge on any atom is 0.414 e. The zero-order valence-corrected chi connectivity index (χ0v) is 14.9. The Kier molecular flexibility index (Phi) is 10.3. The summed E-state index contributed by atoms with van der Waals surface area (Å²) in [5.41, 5.74) is 1.32. The number of hydrogen-bond acceptors (Lipinski definition) is 4. The van der Waals surface area contributed by atoms with Crippen LogP contribution in [0.3, 0.4) is 0 Å². The molecule has 0 amide bonds. The molecule has 1 heterocycles. The average Bonchev–Trinajstić information content (AvgIpc) is 2.63. The van der Waals surface area contributed by atoms with Crippen LogP contribution < -0.4 is 4.74 Å². The maximum absolute atomic E-state index is 9.10. The monoisotopic (exact) mass is 351 g/mol. The Morgan fingerprint density at radius 2 is 1.68 bits per heavy atom. The van der Waals surface area contributed by atoms with Crippen molar-refractivity contribution < 1.29 is 24.5 Å². The van der Waals surface area contributed by atoms with E-state index < -0.39 is 11.9 Å². The first-order chi connectivity index (χ1) is 12.0. The molecule has 6 heteroatoms. The maximum atomic E-state index is 9.10. The van der Waals surface area contributed by atoms with Gasteiger partial charge in [-0.1, -0.05) is 31.5 Å². The standard InChI is InChI=1S/C17H27NO.C2H2O4/c1-2-16-10-4-5-11-17(16)19-15-9-8-14-18-12-6-3-7-13-18;3-1(4)2(5)6/h4-5,10-11H,2-3,6-9,12-15H2,1H3;(H,3,4)(H,5,6). The first kappa shape index (κ1) is 21.0. The number of carboxylic acid groups (broad SMARTS) is 2. The van der Waals surface area contributed by atoms with Gasteiger partial charge in [-0.25, -0.2) is 9.59 Å². The fourth-order valence-corrected chi connectivity index (χ4v) is 2.74. The van der Waals surface area contributed by atoms with Crippen molar-refractivity contribution in [3.05, 3.63) is 29.8 Å². The third-order valence-electron chi connectivity index (χ3n) is 4.11. The molecule has 0 atom stereocenters. The molecule has 1 aliphatic rings. The van der Waals surface area contributed by atoms with Gasteiger partial charge in [-0.2, -0.15) is 0 Å². The molecule has 2 rings (SSSR count). The number of hydrogen-bond donors (Lipinski definition) is 2. The summed E-state index contributed by atoms with van der Waals surface area (Å²) in [5.74, 6) is -2.58. The van der Waals surface area contributed by atoms with E-state index in [0.717, 1.165) is 25.2 Å². The van der Waals surface area contributed by atoms with E-state index in [1.807, 2.05) is 0 Å². The minimum absolute atomic E-state index is 0.852. The number of likely N-dealkylation sites (tertiary alicyclic amines) is 1. The van der Waals surface area contributed by atoms with Crippen LogP contribution in [0.2, 0.25) is 0 Å². The Bertz CT molecular complexity index is 514. The largest absolute Gasteiger partial charge is 0.493 e. The highest BCUT2D eigenvalue weighted by Gasteiger charge is 2.09. The van der Waals surface area contributed by atoms with Crippen molar-refractivity contribution in [2.75, 3.05) is 26.2 Å². The minimum Gasteiger partial charge on any atom is -0.493 e. The van der Waals surface area contributed by atoms with E-state index >= 15 is 0 Å². The summed E-state index contributed by atoms with van der Waals surface area (Å²) < 4.78 is 5.90. The number of aliphatic carboxylic acids is 2. The van der Waals surface area contributed by atoms with Gasteiger partial charge in [-0.15, -0.1) is 0 Å². The van der Waals surface area contributed by atoms with Gasteiger partial charge >= 0.3 is 11.9 Å². The highest BCUT2D eigenvalue weighted by molar-refractivity contribution is 6.27. The van der Waals surface area contributed by atoms with Gasteiger partial charge in [-0.05, 0) is 63.4 Å². The molecule has 0 unspecified atom stereocenters. The molecule has 25 heavy (non-hydrogen) atoms. The molecular formula is C19H29NO5. The Labute approximate surface area is 149 Å². The van der Waals surface area contributed by atoms with E-state index in [4.69, 9.17) is 24.5 Å². The van der Waals surface area contributed by atoms with E-state index in [0.29, 0.717) is 0 Å². The Morgan fingerprint density at radius 3 is 2.28 bits per heavy atom. The number of para-hydroxylation sites is 1. The molecule has 1 aromatic carbocycles. The molecule has 6 nitrogen and oxygen atoms in total. The van der Waals surface area contributed by atoms with E-state index in [1.165, 1.54) is 50.9 Å². The molecule has 0 radical (unpaired) electrons. The SMILES string of the molecule is CCc1ccccc1OCCCCN1CCCCC1.O=C(O)C(=O)O. The van der Waals surface area contributed by atoms with Crippen molar-refractivity contribution in [2.45, 2.75) is 45.4 Å². The number of benzene rings is 1. The summed E-state index contributed by atoms with van der Waals surface area (Å²) in [6.07, 6.45) is 7.67. The molecular weight excluding hydrogens is 322 g/mol. The molecule has 0 aliphatic carbocycles. The number of carbonyl (C=O) groups is 2. The topological polar surface area (TPSA) is 87.1 Å². The van der Waals surface area contributed by atoms with Crippen LogP contribution in [0.15, 0.2) is 24.3 Å². The average molecular weight is 351 g/mol. The van der Waals surface area contributed by atoms with E-state index in [9.17, 15) is 0 Å². The van der Waals surface area contributed by atoms with Crippen molar-refractivity contribution in [2.24, 2.45) is 0 Å². The lowest BCUT2D eigenvalue weighted by Crippen LogP contribution is -2.30. The van der Waals surface area contributed by atoms with Gasteiger partial charge in [-0.3, -0.25) is 0 Å². The van der Waals surface area contributed by atoms with E-state index in [1.54, 1.807) is 0 Å². The lowest BCUT2D eigenvalue weighted by atomic mass is 10.1. The van der Waals surface area contributed by atoms with Crippen LogP contribution in [0.1, 0.15) is 44.6 Å².